The Morgan fingerprint density at radius 1 is 1.50 bits per heavy atom. The fourth-order valence-corrected chi connectivity index (χ4v) is 2.58. The van der Waals surface area contributed by atoms with E-state index in [1.807, 2.05) is 10.9 Å². The second kappa shape index (κ2) is 8.74. The molecule has 1 heterocycles. The zero-order valence-electron chi connectivity index (χ0n) is 12.8. The number of ether oxygens (including phenoxy) is 1. The van der Waals surface area contributed by atoms with E-state index in [2.05, 4.69) is 52.4 Å². The Hall–Kier alpha value is -0.470. The van der Waals surface area contributed by atoms with Crippen molar-refractivity contribution in [3.8, 4) is 0 Å². The van der Waals surface area contributed by atoms with Crippen LogP contribution in [0.2, 0.25) is 0 Å². The summed E-state index contributed by atoms with van der Waals surface area (Å²) >= 11 is 3.57. The van der Waals surface area contributed by atoms with Crippen LogP contribution in [0.3, 0.4) is 0 Å². The number of aromatic nitrogens is 2. The molecule has 0 bridgehead atoms. The molecule has 0 aliphatic rings. The summed E-state index contributed by atoms with van der Waals surface area (Å²) in [5, 5.41) is 4.42. The lowest BCUT2D eigenvalue weighted by molar-refractivity contribution is 0.105. The lowest BCUT2D eigenvalue weighted by Crippen LogP contribution is -2.32. The Kier molecular flexibility index (Phi) is 7.68. The third-order valence-electron chi connectivity index (χ3n) is 3.39. The van der Waals surface area contributed by atoms with Gasteiger partial charge in [-0.3, -0.25) is 16.0 Å². The number of nitrogens with zero attached hydrogens (tertiary/aromatic N) is 3. The van der Waals surface area contributed by atoms with E-state index in [0.29, 0.717) is 0 Å². The highest BCUT2D eigenvalue weighted by Gasteiger charge is 2.19. The van der Waals surface area contributed by atoms with Crippen LogP contribution in [0.15, 0.2) is 10.7 Å². The van der Waals surface area contributed by atoms with Crippen LogP contribution in [-0.2, 0) is 11.3 Å². The van der Waals surface area contributed by atoms with E-state index in [0.717, 1.165) is 36.1 Å². The first kappa shape index (κ1) is 17.6. The van der Waals surface area contributed by atoms with Crippen LogP contribution >= 0.6 is 15.9 Å². The lowest BCUT2D eigenvalue weighted by Gasteiger charge is -2.21. The van der Waals surface area contributed by atoms with Crippen LogP contribution < -0.4 is 11.3 Å². The Balaban J connectivity index is 2.77. The van der Waals surface area contributed by atoms with Crippen LogP contribution in [0.4, 0.5) is 0 Å². The van der Waals surface area contributed by atoms with Gasteiger partial charge in [-0.2, -0.15) is 5.10 Å². The minimum absolute atomic E-state index is 0.0617. The van der Waals surface area contributed by atoms with Crippen LogP contribution in [-0.4, -0.2) is 48.5 Å². The summed E-state index contributed by atoms with van der Waals surface area (Å²) < 4.78 is 8.29. The SMILES string of the molecule is COC(C)CCC(NN)c1c(Br)cnn1CCN(C)C. The molecule has 2 unspecified atom stereocenters. The highest BCUT2D eigenvalue weighted by molar-refractivity contribution is 9.10. The van der Waals surface area contributed by atoms with Gasteiger partial charge in [-0.1, -0.05) is 0 Å². The van der Waals surface area contributed by atoms with E-state index >= 15 is 0 Å². The molecular weight excluding hydrogens is 322 g/mol. The molecule has 0 spiro atoms. The molecule has 0 aromatic carbocycles. The molecule has 6 nitrogen and oxygen atoms in total. The summed E-state index contributed by atoms with van der Waals surface area (Å²) in [6.45, 7) is 3.84. The van der Waals surface area contributed by atoms with Crippen molar-refractivity contribution in [3.63, 3.8) is 0 Å². The zero-order chi connectivity index (χ0) is 15.1. The molecule has 20 heavy (non-hydrogen) atoms. The van der Waals surface area contributed by atoms with E-state index in [-0.39, 0.29) is 12.1 Å². The minimum Gasteiger partial charge on any atom is -0.382 e. The quantitative estimate of drug-likeness (QED) is 0.523. The van der Waals surface area contributed by atoms with Gasteiger partial charge in [-0.15, -0.1) is 0 Å². The van der Waals surface area contributed by atoms with Gasteiger partial charge in [0.15, 0.2) is 0 Å². The highest BCUT2D eigenvalue weighted by Crippen LogP contribution is 2.26. The highest BCUT2D eigenvalue weighted by atomic mass is 79.9. The second-order valence-corrected chi connectivity index (χ2v) is 6.10. The molecule has 2 atom stereocenters. The number of methoxy groups -OCH3 is 1. The zero-order valence-corrected chi connectivity index (χ0v) is 14.4. The number of nitrogens with two attached hydrogens (primary N) is 1. The predicted molar refractivity (Wildman–Crippen MR) is 84.3 cm³/mol. The third kappa shape index (κ3) is 5.14. The van der Waals surface area contributed by atoms with E-state index < -0.39 is 0 Å². The fraction of sp³-hybridized carbons (Fsp3) is 0.769. The number of nitrogens with one attached hydrogen (secondary N) is 1. The smallest absolute Gasteiger partial charge is 0.0709 e. The maximum atomic E-state index is 5.72. The molecular formula is C13H26BrN5O. The Morgan fingerprint density at radius 3 is 2.75 bits per heavy atom. The van der Waals surface area contributed by atoms with Crippen molar-refractivity contribution >= 4 is 15.9 Å². The number of hydrogen-bond acceptors (Lipinski definition) is 5. The maximum Gasteiger partial charge on any atom is 0.0709 e. The van der Waals surface area contributed by atoms with Gasteiger partial charge in [0.25, 0.3) is 0 Å². The van der Waals surface area contributed by atoms with Crippen LogP contribution in [0.5, 0.6) is 0 Å². The summed E-state index contributed by atoms with van der Waals surface area (Å²) in [4.78, 5) is 2.14. The Morgan fingerprint density at radius 2 is 2.20 bits per heavy atom. The summed E-state index contributed by atoms with van der Waals surface area (Å²) in [6, 6.07) is 0.0617. The van der Waals surface area contributed by atoms with Crippen molar-refractivity contribution < 1.29 is 4.74 Å². The van der Waals surface area contributed by atoms with Crippen molar-refractivity contribution in [1.29, 1.82) is 0 Å². The first-order valence-corrected chi connectivity index (χ1v) is 7.63. The minimum atomic E-state index is 0.0617. The van der Waals surface area contributed by atoms with Gasteiger partial charge < -0.3 is 9.64 Å². The molecule has 0 aliphatic carbocycles. The summed E-state index contributed by atoms with van der Waals surface area (Å²) in [6.07, 6.45) is 3.89. The first-order chi connectivity index (χ1) is 9.49. The van der Waals surface area contributed by atoms with Crippen LogP contribution in [0.1, 0.15) is 31.5 Å². The second-order valence-electron chi connectivity index (χ2n) is 5.25. The summed E-state index contributed by atoms with van der Waals surface area (Å²) in [5.41, 5.74) is 3.99. The summed E-state index contributed by atoms with van der Waals surface area (Å²) in [5.74, 6) is 5.72. The van der Waals surface area contributed by atoms with E-state index in [9.17, 15) is 0 Å². The Bertz CT molecular complexity index is 396. The van der Waals surface area contributed by atoms with Crippen LogP contribution in [0, 0.1) is 0 Å². The van der Waals surface area contributed by atoms with Gasteiger partial charge in [0, 0.05) is 13.7 Å². The van der Waals surface area contributed by atoms with Crippen molar-refractivity contribution in [1.82, 2.24) is 20.1 Å². The normalized spacial score (nSPS) is 14.8. The van der Waals surface area contributed by atoms with E-state index in [1.165, 1.54) is 0 Å². The third-order valence-corrected chi connectivity index (χ3v) is 4.00. The predicted octanol–water partition coefficient (Wildman–Crippen LogP) is 1.53. The number of hydrazine groups is 1. The van der Waals surface area contributed by atoms with Crippen molar-refractivity contribution in [2.24, 2.45) is 5.84 Å². The molecule has 116 valence electrons. The van der Waals surface area contributed by atoms with Gasteiger partial charge in [-0.05, 0) is 49.8 Å². The Labute approximate surface area is 129 Å². The van der Waals surface area contributed by atoms with Crippen molar-refractivity contribution in [3.05, 3.63) is 16.4 Å². The molecule has 0 saturated heterocycles. The number of likely N-dealkylation sites (N-methyl/N-ethyl adjacent to an activating group) is 1. The molecule has 0 radical (unpaired) electrons. The van der Waals surface area contributed by atoms with Crippen molar-refractivity contribution in [2.45, 2.75) is 38.5 Å². The number of hydrogen-bond donors (Lipinski definition) is 2. The molecule has 0 fully saturated rings. The number of rotatable bonds is 9. The van der Waals surface area contributed by atoms with Gasteiger partial charge in [0.2, 0.25) is 0 Å². The van der Waals surface area contributed by atoms with Gasteiger partial charge in [-0.25, -0.2) is 0 Å². The molecule has 0 aliphatic heterocycles. The average Bonchev–Trinajstić information content (AvgIpc) is 2.78. The van der Waals surface area contributed by atoms with Crippen molar-refractivity contribution in [2.75, 3.05) is 27.7 Å². The van der Waals surface area contributed by atoms with E-state index in [1.54, 1.807) is 7.11 Å². The molecule has 1 rings (SSSR count). The monoisotopic (exact) mass is 347 g/mol. The van der Waals surface area contributed by atoms with Gasteiger partial charge in [0.05, 0.1) is 35.1 Å². The fourth-order valence-electron chi connectivity index (χ4n) is 2.01. The molecule has 3 N–H and O–H groups in total. The number of halogens is 1. The molecule has 1 aromatic rings. The first-order valence-electron chi connectivity index (χ1n) is 6.84. The lowest BCUT2D eigenvalue weighted by atomic mass is 10.1. The molecule has 0 amide bonds. The van der Waals surface area contributed by atoms with Gasteiger partial charge in [0.1, 0.15) is 0 Å². The molecule has 7 heteroatoms. The van der Waals surface area contributed by atoms with Gasteiger partial charge >= 0.3 is 0 Å². The topological polar surface area (TPSA) is 68.3 Å². The van der Waals surface area contributed by atoms with Crippen LogP contribution in [0.25, 0.3) is 0 Å². The largest absolute Gasteiger partial charge is 0.382 e. The molecule has 1 aromatic heterocycles. The van der Waals surface area contributed by atoms with E-state index in [4.69, 9.17) is 10.6 Å². The average molecular weight is 348 g/mol. The summed E-state index contributed by atoms with van der Waals surface area (Å²) in [7, 11) is 5.83. The standard InChI is InChI=1S/C13H26BrN5O/c1-10(20-4)5-6-12(17-15)13-11(14)9-16-19(13)8-7-18(2)3/h9-10,12,17H,5-8,15H2,1-4H3. The maximum absolute atomic E-state index is 5.72. The molecule has 0 saturated carbocycles.